The lowest BCUT2D eigenvalue weighted by Crippen LogP contribution is -2.51. The van der Waals surface area contributed by atoms with Gasteiger partial charge in [0.05, 0.1) is 17.2 Å². The first-order valence-electron chi connectivity index (χ1n) is 13.6. The summed E-state index contributed by atoms with van der Waals surface area (Å²) in [5.74, 6) is 0.00900. The zero-order valence-corrected chi connectivity index (χ0v) is 26.5. The summed E-state index contributed by atoms with van der Waals surface area (Å²) in [6.45, 7) is 10.0. The van der Waals surface area contributed by atoms with Crippen molar-refractivity contribution >= 4 is 43.5 Å². The molecule has 10 heteroatoms. The highest BCUT2D eigenvalue weighted by atomic mass is 79.9. The molecule has 220 valence electrons. The summed E-state index contributed by atoms with van der Waals surface area (Å²) >= 11 is 3.34. The fraction of sp³-hybridized carbons (Fsp3) is 0.355. The number of carbonyl (C=O) groups is 2. The predicted molar refractivity (Wildman–Crippen MR) is 165 cm³/mol. The van der Waals surface area contributed by atoms with Crippen LogP contribution in [0.4, 0.5) is 5.69 Å². The Morgan fingerprint density at radius 1 is 0.976 bits per heavy atom. The third-order valence-corrected chi connectivity index (χ3v) is 8.72. The first-order chi connectivity index (χ1) is 19.4. The zero-order valence-electron chi connectivity index (χ0n) is 24.1. The van der Waals surface area contributed by atoms with Gasteiger partial charge in [0.2, 0.25) is 11.8 Å². The number of benzene rings is 3. The average Bonchev–Trinajstić information content (AvgIpc) is 2.93. The van der Waals surface area contributed by atoms with E-state index in [4.69, 9.17) is 4.74 Å². The van der Waals surface area contributed by atoms with E-state index >= 15 is 0 Å². The molecule has 2 amide bonds. The molecule has 0 saturated heterocycles. The van der Waals surface area contributed by atoms with Crippen LogP contribution in [0.3, 0.4) is 0 Å². The van der Waals surface area contributed by atoms with Crippen LogP contribution in [-0.2, 0) is 26.2 Å². The number of hydrogen-bond donors (Lipinski definition) is 1. The Hall–Kier alpha value is -3.37. The molecule has 0 spiro atoms. The van der Waals surface area contributed by atoms with Crippen molar-refractivity contribution in [3.05, 3.63) is 88.4 Å². The monoisotopic (exact) mass is 643 g/mol. The van der Waals surface area contributed by atoms with Gasteiger partial charge in [-0.2, -0.15) is 0 Å². The second kappa shape index (κ2) is 14.5. The molecule has 0 saturated carbocycles. The average molecular weight is 645 g/mol. The molecule has 0 aliphatic carbocycles. The zero-order chi connectivity index (χ0) is 30.2. The van der Waals surface area contributed by atoms with Gasteiger partial charge in [0.15, 0.2) is 0 Å². The van der Waals surface area contributed by atoms with Gasteiger partial charge in [-0.3, -0.25) is 13.9 Å². The van der Waals surface area contributed by atoms with Gasteiger partial charge in [0, 0.05) is 17.6 Å². The van der Waals surface area contributed by atoms with Gasteiger partial charge in [-0.15, -0.1) is 0 Å². The van der Waals surface area contributed by atoms with Gasteiger partial charge in [0.1, 0.15) is 18.3 Å². The summed E-state index contributed by atoms with van der Waals surface area (Å²) < 4.78 is 35.2. The van der Waals surface area contributed by atoms with Crippen molar-refractivity contribution in [3.8, 4) is 5.75 Å². The number of halogens is 1. The van der Waals surface area contributed by atoms with Crippen molar-refractivity contribution in [2.45, 2.75) is 52.1 Å². The summed E-state index contributed by atoms with van der Waals surface area (Å²) in [4.78, 5) is 28.6. The number of rotatable bonds is 13. The van der Waals surface area contributed by atoms with Crippen LogP contribution in [0, 0.1) is 12.8 Å². The molecule has 1 atom stereocenters. The highest BCUT2D eigenvalue weighted by Crippen LogP contribution is 2.27. The third kappa shape index (κ3) is 8.81. The lowest BCUT2D eigenvalue weighted by Gasteiger charge is -2.32. The molecule has 0 bridgehead atoms. The van der Waals surface area contributed by atoms with Crippen LogP contribution in [0.1, 0.15) is 38.8 Å². The largest absolute Gasteiger partial charge is 0.494 e. The van der Waals surface area contributed by atoms with Gasteiger partial charge < -0.3 is 15.0 Å². The number of sulfonamides is 1. The number of amides is 2. The molecular formula is C31H38BrN3O5S. The van der Waals surface area contributed by atoms with Crippen molar-refractivity contribution < 1.29 is 22.7 Å². The highest BCUT2D eigenvalue weighted by Gasteiger charge is 2.32. The van der Waals surface area contributed by atoms with E-state index in [1.807, 2.05) is 52.0 Å². The van der Waals surface area contributed by atoms with Gasteiger partial charge in [-0.25, -0.2) is 8.42 Å². The molecule has 0 heterocycles. The number of carbonyl (C=O) groups excluding carboxylic acids is 2. The van der Waals surface area contributed by atoms with Crippen LogP contribution in [0.15, 0.2) is 82.2 Å². The smallest absolute Gasteiger partial charge is 0.264 e. The van der Waals surface area contributed by atoms with Gasteiger partial charge >= 0.3 is 0 Å². The van der Waals surface area contributed by atoms with Crippen molar-refractivity contribution in [2.24, 2.45) is 5.92 Å². The lowest BCUT2D eigenvalue weighted by atomic mass is 10.1. The summed E-state index contributed by atoms with van der Waals surface area (Å²) in [5.41, 5.74) is 2.16. The molecular weight excluding hydrogens is 606 g/mol. The van der Waals surface area contributed by atoms with E-state index in [0.29, 0.717) is 24.6 Å². The molecule has 0 fully saturated rings. The van der Waals surface area contributed by atoms with Crippen molar-refractivity contribution in [1.82, 2.24) is 10.2 Å². The van der Waals surface area contributed by atoms with Crippen LogP contribution in [0.2, 0.25) is 0 Å². The third-order valence-electron chi connectivity index (χ3n) is 6.40. The Labute approximate surface area is 251 Å². The molecule has 3 aromatic carbocycles. The molecule has 3 rings (SSSR count). The molecule has 41 heavy (non-hydrogen) atoms. The van der Waals surface area contributed by atoms with Gasteiger partial charge in [0.25, 0.3) is 10.0 Å². The van der Waals surface area contributed by atoms with Gasteiger partial charge in [-0.05, 0) is 80.8 Å². The standard InChI is InChI=1S/C31H38BrN3O5S/c1-6-40-28-14-12-27(13-15-28)35(41(38,39)29-16-10-26(32)11-17-29)21-30(36)34(20-25-9-7-8-23(4)18-25)24(5)31(37)33-19-22(2)3/h7-18,22,24H,6,19-21H2,1-5H3,(H,33,37). The maximum atomic E-state index is 14.0. The maximum Gasteiger partial charge on any atom is 0.264 e. The Balaban J connectivity index is 2.02. The van der Waals surface area contributed by atoms with E-state index in [1.54, 1.807) is 43.3 Å². The number of hydrogen-bond acceptors (Lipinski definition) is 5. The highest BCUT2D eigenvalue weighted by molar-refractivity contribution is 9.10. The maximum absolute atomic E-state index is 14.0. The van der Waals surface area contributed by atoms with Crippen LogP contribution in [-0.4, -0.2) is 50.9 Å². The van der Waals surface area contributed by atoms with E-state index in [1.165, 1.54) is 17.0 Å². The van der Waals surface area contributed by atoms with Crippen LogP contribution < -0.4 is 14.4 Å². The van der Waals surface area contributed by atoms with Crippen molar-refractivity contribution in [3.63, 3.8) is 0 Å². The van der Waals surface area contributed by atoms with Crippen LogP contribution in [0.25, 0.3) is 0 Å². The molecule has 1 unspecified atom stereocenters. The molecule has 0 radical (unpaired) electrons. The Bertz CT molecular complexity index is 1430. The second-order valence-corrected chi connectivity index (χ2v) is 13.0. The molecule has 8 nitrogen and oxygen atoms in total. The van der Waals surface area contributed by atoms with Crippen LogP contribution >= 0.6 is 15.9 Å². The van der Waals surface area contributed by atoms with Crippen molar-refractivity contribution in [2.75, 3.05) is 24.0 Å². The minimum Gasteiger partial charge on any atom is -0.494 e. The summed E-state index contributed by atoms with van der Waals surface area (Å²) in [7, 11) is -4.15. The number of aryl methyl sites for hydroxylation is 1. The predicted octanol–water partition coefficient (Wildman–Crippen LogP) is 5.54. The normalized spacial score (nSPS) is 12.1. The lowest BCUT2D eigenvalue weighted by molar-refractivity contribution is -0.139. The Kier molecular flexibility index (Phi) is 11.4. The van der Waals surface area contributed by atoms with E-state index in [-0.39, 0.29) is 23.3 Å². The second-order valence-electron chi connectivity index (χ2n) is 10.2. The van der Waals surface area contributed by atoms with E-state index in [9.17, 15) is 18.0 Å². The number of nitrogens with zero attached hydrogens (tertiary/aromatic N) is 2. The molecule has 0 aromatic heterocycles. The van der Waals surface area contributed by atoms with Crippen LogP contribution in [0.5, 0.6) is 5.75 Å². The quantitative estimate of drug-likeness (QED) is 0.264. The Morgan fingerprint density at radius 2 is 1.63 bits per heavy atom. The van der Waals surface area contributed by atoms with Crippen molar-refractivity contribution in [1.29, 1.82) is 0 Å². The number of ether oxygens (including phenoxy) is 1. The molecule has 3 aromatic rings. The summed E-state index contributed by atoms with van der Waals surface area (Å²) in [5, 5.41) is 2.90. The number of anilines is 1. The fourth-order valence-corrected chi connectivity index (χ4v) is 5.86. The molecule has 0 aliphatic heterocycles. The number of nitrogens with one attached hydrogen (secondary N) is 1. The molecule has 0 aliphatic rings. The summed E-state index contributed by atoms with van der Waals surface area (Å²) in [6, 6.07) is 19.6. The van der Waals surface area contributed by atoms with Gasteiger partial charge in [-0.1, -0.05) is 59.6 Å². The SMILES string of the molecule is CCOc1ccc(N(CC(=O)N(Cc2cccc(C)c2)C(C)C(=O)NCC(C)C)S(=O)(=O)c2ccc(Br)cc2)cc1. The molecule has 1 N–H and O–H groups in total. The first-order valence-corrected chi connectivity index (χ1v) is 15.8. The minimum absolute atomic E-state index is 0.0374. The minimum atomic E-state index is -4.15. The van der Waals surface area contributed by atoms with E-state index in [2.05, 4.69) is 21.2 Å². The summed E-state index contributed by atoms with van der Waals surface area (Å²) in [6.07, 6.45) is 0. The topological polar surface area (TPSA) is 96.0 Å². The first kappa shape index (κ1) is 32.1. The van der Waals surface area contributed by atoms with E-state index < -0.39 is 28.5 Å². The van der Waals surface area contributed by atoms with E-state index in [0.717, 1.165) is 19.9 Å². The Morgan fingerprint density at radius 3 is 2.22 bits per heavy atom. The fourth-order valence-electron chi connectivity index (χ4n) is 4.18.